The second kappa shape index (κ2) is 16.7. The molecule has 0 atom stereocenters. The van der Waals surface area contributed by atoms with Crippen LogP contribution in [0, 0.1) is 0 Å². The van der Waals surface area contributed by atoms with Crippen molar-refractivity contribution >= 4 is 104 Å². The van der Waals surface area contributed by atoms with Crippen molar-refractivity contribution in [3.8, 4) is 44.5 Å². The maximum Gasteiger partial charge on any atom is 0.252 e. The normalized spacial score (nSPS) is 13.3. The summed E-state index contributed by atoms with van der Waals surface area (Å²) >= 11 is 3.87. The van der Waals surface area contributed by atoms with Gasteiger partial charge in [-0.15, -0.1) is 0 Å². The standard InChI is InChI=1S/C66H42B2N2S2/c1-5-21-43(22-6-1)47-37-59-65-60(38-47)70(56-34-18-14-30-50(56)46-27-11-4-12-28-46)58-42-62-54(68-52-32-16-20-36-61(52)71-63-39-48(40-64(72-62)66(63)68)44-23-7-2-8-24-44)41-53(58)67(65)51-31-15-19-35-57(51)69(59)55-33-17-13-29-49(55)45-25-9-3-10-26-45/h1-42H. The second-order valence-corrected chi connectivity index (χ2v) is 21.3. The molecular formula is C66H42B2N2S2. The van der Waals surface area contributed by atoms with Gasteiger partial charge in [-0.05, 0) is 110 Å². The van der Waals surface area contributed by atoms with Crippen molar-refractivity contribution in [2.75, 3.05) is 9.80 Å². The van der Waals surface area contributed by atoms with E-state index in [2.05, 4.69) is 265 Å². The van der Waals surface area contributed by atoms with Gasteiger partial charge in [-0.3, -0.25) is 0 Å². The van der Waals surface area contributed by atoms with Gasteiger partial charge in [0.25, 0.3) is 6.71 Å². The average molecular weight is 949 g/mol. The lowest BCUT2D eigenvalue weighted by Gasteiger charge is -2.46. The number of para-hydroxylation sites is 3. The SMILES string of the molecule is c1ccc(-c2cc3c4c(c2)Sc2cc5c(cc2B4c2ccccc2S3)B2c3ccccc3N(c3ccccc3-c3ccccc3)c3cc(-c4ccccc4)cc(c32)N5c2ccccc2-c2ccccc2)cc1. The van der Waals surface area contributed by atoms with Gasteiger partial charge in [-0.25, -0.2) is 0 Å². The fourth-order valence-electron chi connectivity index (χ4n) is 12.1. The Morgan fingerprint density at radius 1 is 0.236 bits per heavy atom. The Labute approximate surface area is 429 Å². The molecule has 0 unspecified atom stereocenters. The van der Waals surface area contributed by atoms with Gasteiger partial charge in [0.2, 0.25) is 6.71 Å². The van der Waals surface area contributed by atoms with Crippen molar-refractivity contribution in [2.45, 2.75) is 19.6 Å². The van der Waals surface area contributed by atoms with Crippen LogP contribution in [0.1, 0.15) is 0 Å². The molecule has 0 radical (unpaired) electrons. The lowest BCUT2D eigenvalue weighted by atomic mass is 9.31. The van der Waals surface area contributed by atoms with Gasteiger partial charge in [0.05, 0.1) is 11.4 Å². The monoisotopic (exact) mass is 948 g/mol. The molecule has 4 heterocycles. The summed E-state index contributed by atoms with van der Waals surface area (Å²) in [5, 5.41) is 0. The fraction of sp³-hybridized carbons (Fsp3) is 0. The molecule has 334 valence electrons. The lowest BCUT2D eigenvalue weighted by molar-refractivity contribution is 1.24. The molecule has 0 N–H and O–H groups in total. The minimum atomic E-state index is -0.0591. The molecule has 11 aromatic carbocycles. The van der Waals surface area contributed by atoms with Crippen LogP contribution in [-0.4, -0.2) is 13.4 Å². The van der Waals surface area contributed by atoms with Crippen molar-refractivity contribution in [1.29, 1.82) is 0 Å². The predicted molar refractivity (Wildman–Crippen MR) is 308 cm³/mol. The van der Waals surface area contributed by atoms with E-state index < -0.39 is 0 Å². The van der Waals surface area contributed by atoms with Crippen LogP contribution in [0.15, 0.2) is 274 Å². The van der Waals surface area contributed by atoms with Crippen molar-refractivity contribution in [2.24, 2.45) is 0 Å². The van der Waals surface area contributed by atoms with Gasteiger partial charge in [0, 0.05) is 53.5 Å². The van der Waals surface area contributed by atoms with Crippen LogP contribution in [0.4, 0.5) is 34.1 Å². The first-order chi connectivity index (χ1) is 35.7. The molecule has 15 rings (SSSR count). The lowest BCUT2D eigenvalue weighted by Crippen LogP contribution is -2.64. The highest BCUT2D eigenvalue weighted by molar-refractivity contribution is 8.01. The highest BCUT2D eigenvalue weighted by atomic mass is 32.2. The molecule has 4 aliphatic heterocycles. The van der Waals surface area contributed by atoms with E-state index in [9.17, 15) is 0 Å². The summed E-state index contributed by atoms with van der Waals surface area (Å²) in [5.74, 6) is 0. The summed E-state index contributed by atoms with van der Waals surface area (Å²) in [7, 11) is 0. The molecule has 72 heavy (non-hydrogen) atoms. The van der Waals surface area contributed by atoms with E-state index in [1.54, 1.807) is 0 Å². The van der Waals surface area contributed by atoms with Crippen LogP contribution in [0.5, 0.6) is 0 Å². The number of nitrogens with zero attached hydrogens (tertiary/aromatic N) is 2. The van der Waals surface area contributed by atoms with E-state index in [0.29, 0.717) is 0 Å². The number of benzene rings is 11. The van der Waals surface area contributed by atoms with Crippen LogP contribution >= 0.6 is 23.5 Å². The zero-order valence-corrected chi connectivity index (χ0v) is 40.7. The third-order valence-corrected chi connectivity index (χ3v) is 17.4. The minimum absolute atomic E-state index is 0.0591. The van der Waals surface area contributed by atoms with E-state index in [-0.39, 0.29) is 13.4 Å². The summed E-state index contributed by atoms with van der Waals surface area (Å²) in [5.41, 5.74) is 24.8. The molecule has 4 aliphatic rings. The molecule has 11 aromatic rings. The van der Waals surface area contributed by atoms with Crippen molar-refractivity contribution in [3.05, 3.63) is 255 Å². The first kappa shape index (κ1) is 41.6. The Bertz CT molecular complexity index is 3960. The third-order valence-electron chi connectivity index (χ3n) is 15.2. The highest BCUT2D eigenvalue weighted by Gasteiger charge is 2.47. The summed E-state index contributed by atoms with van der Waals surface area (Å²) in [6.07, 6.45) is 0. The predicted octanol–water partition coefficient (Wildman–Crippen LogP) is 13.9. The van der Waals surface area contributed by atoms with Gasteiger partial charge < -0.3 is 9.80 Å². The largest absolute Gasteiger partial charge is 0.311 e. The quantitative estimate of drug-likeness (QED) is 0.153. The summed E-state index contributed by atoms with van der Waals surface area (Å²) in [4.78, 5) is 10.5. The summed E-state index contributed by atoms with van der Waals surface area (Å²) < 4.78 is 0. The molecule has 2 nitrogen and oxygen atoms in total. The Kier molecular flexibility index (Phi) is 9.67. The van der Waals surface area contributed by atoms with Crippen molar-refractivity contribution in [1.82, 2.24) is 0 Å². The number of rotatable bonds is 6. The minimum Gasteiger partial charge on any atom is -0.311 e. The van der Waals surface area contributed by atoms with E-state index >= 15 is 0 Å². The van der Waals surface area contributed by atoms with Gasteiger partial charge in [0.1, 0.15) is 0 Å². The number of fused-ring (bicyclic) bond motifs is 8. The van der Waals surface area contributed by atoms with E-state index in [0.717, 1.165) is 11.4 Å². The fourth-order valence-corrected chi connectivity index (χ4v) is 14.6. The molecule has 0 bridgehead atoms. The number of hydrogen-bond acceptors (Lipinski definition) is 4. The van der Waals surface area contributed by atoms with Gasteiger partial charge in [0.15, 0.2) is 0 Å². The van der Waals surface area contributed by atoms with E-state index in [4.69, 9.17) is 0 Å². The Balaban J connectivity index is 1.05. The number of hydrogen-bond donors (Lipinski definition) is 0. The molecule has 0 saturated heterocycles. The molecule has 0 amide bonds. The van der Waals surface area contributed by atoms with E-state index in [1.807, 2.05) is 23.5 Å². The van der Waals surface area contributed by atoms with Crippen LogP contribution in [-0.2, 0) is 0 Å². The smallest absolute Gasteiger partial charge is 0.252 e. The Morgan fingerprint density at radius 3 is 1.25 bits per heavy atom. The van der Waals surface area contributed by atoms with Gasteiger partial charge >= 0.3 is 0 Å². The molecule has 0 saturated carbocycles. The van der Waals surface area contributed by atoms with Crippen molar-refractivity contribution in [3.63, 3.8) is 0 Å². The summed E-state index contributed by atoms with van der Waals surface area (Å²) in [6, 6.07) is 95.1. The second-order valence-electron chi connectivity index (χ2n) is 19.1. The van der Waals surface area contributed by atoms with Crippen LogP contribution in [0.2, 0.25) is 0 Å². The third kappa shape index (κ3) is 6.49. The molecule has 0 fully saturated rings. The molecule has 0 spiro atoms. The summed E-state index contributed by atoms with van der Waals surface area (Å²) in [6.45, 7) is 0.0226. The molecular weight excluding hydrogens is 906 g/mol. The molecule has 0 aromatic heterocycles. The Hall–Kier alpha value is -8.15. The first-order valence-electron chi connectivity index (χ1n) is 24.8. The Morgan fingerprint density at radius 2 is 0.667 bits per heavy atom. The van der Waals surface area contributed by atoms with Crippen LogP contribution in [0.25, 0.3) is 44.5 Å². The van der Waals surface area contributed by atoms with Gasteiger partial charge in [-0.2, -0.15) is 0 Å². The zero-order chi connectivity index (χ0) is 47.3. The maximum atomic E-state index is 2.64. The molecule has 0 aliphatic carbocycles. The topological polar surface area (TPSA) is 6.48 Å². The zero-order valence-electron chi connectivity index (χ0n) is 39.1. The number of anilines is 6. The van der Waals surface area contributed by atoms with Crippen LogP contribution < -0.4 is 42.6 Å². The van der Waals surface area contributed by atoms with E-state index in [1.165, 1.54) is 120 Å². The van der Waals surface area contributed by atoms with Crippen LogP contribution in [0.3, 0.4) is 0 Å². The highest BCUT2D eigenvalue weighted by Crippen LogP contribution is 2.51. The molecule has 6 heteroatoms. The van der Waals surface area contributed by atoms with Gasteiger partial charge in [-0.1, -0.05) is 235 Å². The maximum absolute atomic E-state index is 2.64. The van der Waals surface area contributed by atoms with Crippen molar-refractivity contribution < 1.29 is 0 Å². The first-order valence-corrected chi connectivity index (χ1v) is 26.4. The average Bonchev–Trinajstić information content (AvgIpc) is 3.46.